The molecule has 26 heteroatoms. The summed E-state index contributed by atoms with van der Waals surface area (Å²) in [7, 11) is 0. The van der Waals surface area contributed by atoms with Crippen molar-refractivity contribution in [3.05, 3.63) is 0 Å². The summed E-state index contributed by atoms with van der Waals surface area (Å²) < 4.78 is 0. The molecule has 65 heavy (non-hydrogen) atoms. The molecule has 0 aliphatic carbocycles. The van der Waals surface area contributed by atoms with Crippen molar-refractivity contribution in [2.45, 2.75) is 135 Å². The average Bonchev–Trinajstić information content (AvgIpc) is 3.20. The third kappa shape index (κ3) is 23.7. The van der Waals surface area contributed by atoms with Crippen molar-refractivity contribution in [3.63, 3.8) is 0 Å². The summed E-state index contributed by atoms with van der Waals surface area (Å²) >= 11 is 1.31. The molecule has 0 saturated heterocycles. The first kappa shape index (κ1) is 59.2. The minimum atomic E-state index is -1.69. The average molecular weight is 946 g/mol. The van der Waals surface area contributed by atoms with Crippen molar-refractivity contribution >= 4 is 76.9 Å². The van der Waals surface area contributed by atoms with E-state index in [1.54, 1.807) is 20.1 Å². The number of nitrogens with zero attached hydrogens (tertiary/aromatic N) is 1. The topological polar surface area (TPSA) is 438 Å². The predicted molar refractivity (Wildman–Crippen MR) is 240 cm³/mol. The lowest BCUT2D eigenvalue weighted by Crippen LogP contribution is -2.61. The van der Waals surface area contributed by atoms with Crippen molar-refractivity contribution in [3.8, 4) is 0 Å². The highest BCUT2D eigenvalue weighted by Crippen LogP contribution is 2.11. The van der Waals surface area contributed by atoms with Gasteiger partial charge < -0.3 is 76.1 Å². The van der Waals surface area contributed by atoms with Crippen molar-refractivity contribution in [2.24, 2.45) is 51.4 Å². The van der Waals surface area contributed by atoms with Crippen LogP contribution in [-0.2, 0) is 47.9 Å². The molecule has 0 aromatic carbocycles. The molecule has 0 heterocycles. The molecule has 0 bridgehead atoms. The minimum Gasteiger partial charge on any atom is -0.480 e. The van der Waals surface area contributed by atoms with E-state index in [1.165, 1.54) is 25.6 Å². The van der Waals surface area contributed by atoms with Crippen LogP contribution in [0.1, 0.15) is 86.5 Å². The summed E-state index contributed by atoms with van der Waals surface area (Å²) in [4.78, 5) is 133. The van der Waals surface area contributed by atoms with Crippen LogP contribution in [0.15, 0.2) is 4.99 Å². The SMILES string of the molecule is CSCCC(NC(=O)C(CO)NC(=O)C(NC(=O)C(N)CC(C)C)C(C)C)C(=O)NC(CCC(N)=O)C(=O)NC(C(=O)NC(CC(N)=O)C(=O)NC(CCCN=C(N)N)C(=O)O)C(C)C. The maximum atomic E-state index is 13.8. The quantitative estimate of drug-likeness (QED) is 0.0171. The first-order chi connectivity index (χ1) is 30.2. The van der Waals surface area contributed by atoms with Crippen LogP contribution in [0.4, 0.5) is 0 Å². The summed E-state index contributed by atoms with van der Waals surface area (Å²) in [5, 5.41) is 36.7. The minimum absolute atomic E-state index is 0.0211. The number of primary amides is 2. The van der Waals surface area contributed by atoms with Gasteiger partial charge in [-0.05, 0) is 61.9 Å². The van der Waals surface area contributed by atoms with Gasteiger partial charge in [0, 0.05) is 13.0 Å². The van der Waals surface area contributed by atoms with Crippen LogP contribution in [-0.4, -0.2) is 149 Å². The van der Waals surface area contributed by atoms with Gasteiger partial charge in [0.15, 0.2) is 5.96 Å². The highest BCUT2D eigenvalue weighted by Gasteiger charge is 2.36. The van der Waals surface area contributed by atoms with Gasteiger partial charge >= 0.3 is 5.97 Å². The maximum Gasteiger partial charge on any atom is 0.326 e. The molecule has 0 fully saturated rings. The molecule has 0 spiro atoms. The van der Waals surface area contributed by atoms with E-state index < -0.39 is 139 Å². The summed E-state index contributed by atoms with van der Waals surface area (Å²) in [6, 6.07) is -11.2. The van der Waals surface area contributed by atoms with Gasteiger partial charge in [-0.2, -0.15) is 11.8 Å². The van der Waals surface area contributed by atoms with Gasteiger partial charge in [0.05, 0.1) is 19.1 Å². The Kier molecular flexibility index (Phi) is 27.7. The van der Waals surface area contributed by atoms with Gasteiger partial charge in [0.1, 0.15) is 42.3 Å². The summed E-state index contributed by atoms with van der Waals surface area (Å²) in [6.07, 6.45) is 0.484. The monoisotopic (exact) mass is 946 g/mol. The molecule has 8 atom stereocenters. The number of nitrogens with one attached hydrogen (secondary N) is 7. The number of nitrogens with two attached hydrogens (primary N) is 5. The molecule has 370 valence electrons. The zero-order chi connectivity index (χ0) is 50.1. The number of carbonyl (C=O) groups excluding carboxylic acids is 9. The first-order valence-corrected chi connectivity index (χ1v) is 22.5. The first-order valence-electron chi connectivity index (χ1n) is 21.1. The van der Waals surface area contributed by atoms with Crippen LogP contribution < -0.4 is 65.9 Å². The highest BCUT2D eigenvalue weighted by molar-refractivity contribution is 7.98. The standard InChI is InChI=1S/C39H71N13O12S/c1-18(2)15-21(40)31(56)51-29(19(3)4)37(62)50-26(17-53)35(60)47-23(12-14-65-7)32(57)46-22(10-11-27(41)54)33(58)52-30(20(5)6)36(61)49-25(16-28(42)55)34(59)48-24(38(63)64)9-8-13-45-39(43)44/h18-26,29-30,53H,8-17,40H2,1-7H3,(H2,41,54)(H2,42,55)(H,46,57)(H,47,60)(H,48,59)(H,49,61)(H,50,62)(H,51,56)(H,52,58)(H,63,64)(H4,43,44,45). The van der Waals surface area contributed by atoms with Gasteiger partial charge in [-0.3, -0.25) is 48.1 Å². The zero-order valence-corrected chi connectivity index (χ0v) is 39.0. The second-order valence-electron chi connectivity index (χ2n) is 16.4. The molecule has 0 aromatic rings. The number of rotatable bonds is 32. The summed E-state index contributed by atoms with van der Waals surface area (Å²) in [6.45, 7) is 9.22. The van der Waals surface area contributed by atoms with E-state index in [9.17, 15) is 58.2 Å². The predicted octanol–water partition coefficient (Wildman–Crippen LogP) is -4.91. The lowest BCUT2D eigenvalue weighted by atomic mass is 10.00. The number of aliphatic hydroxyl groups excluding tert-OH is 1. The fourth-order valence-electron chi connectivity index (χ4n) is 5.96. The number of carboxylic acid groups (broad SMARTS) is 1. The number of aliphatic carboxylic acids is 1. The molecule has 0 rings (SSSR count). The number of aliphatic hydroxyl groups is 1. The Labute approximate surface area is 382 Å². The largest absolute Gasteiger partial charge is 0.480 e. The van der Waals surface area contributed by atoms with Crippen molar-refractivity contribution < 1.29 is 58.2 Å². The molecule has 8 unspecified atom stereocenters. The van der Waals surface area contributed by atoms with E-state index >= 15 is 0 Å². The number of hydrogen-bond acceptors (Lipinski definition) is 14. The third-order valence-electron chi connectivity index (χ3n) is 9.53. The van der Waals surface area contributed by atoms with Crippen LogP contribution in [0.25, 0.3) is 0 Å². The molecule has 0 aliphatic heterocycles. The number of thioether (sulfide) groups is 1. The normalized spacial score (nSPS) is 14.8. The van der Waals surface area contributed by atoms with E-state index in [4.69, 9.17) is 28.7 Å². The Hall–Kier alpha value is -5.76. The zero-order valence-electron chi connectivity index (χ0n) is 38.1. The Morgan fingerprint density at radius 2 is 1.02 bits per heavy atom. The van der Waals surface area contributed by atoms with Crippen LogP contribution in [0.3, 0.4) is 0 Å². The van der Waals surface area contributed by atoms with Gasteiger partial charge in [-0.15, -0.1) is 0 Å². The molecule has 0 aromatic heterocycles. The molecule has 0 aliphatic rings. The Morgan fingerprint density at radius 1 is 0.569 bits per heavy atom. The van der Waals surface area contributed by atoms with Crippen LogP contribution >= 0.6 is 11.8 Å². The van der Waals surface area contributed by atoms with E-state index in [1.807, 2.05) is 13.8 Å². The fourth-order valence-corrected chi connectivity index (χ4v) is 6.44. The van der Waals surface area contributed by atoms with E-state index in [-0.39, 0.29) is 44.1 Å². The third-order valence-corrected chi connectivity index (χ3v) is 10.2. The number of carboxylic acids is 1. The smallest absolute Gasteiger partial charge is 0.326 e. The summed E-state index contributed by atoms with van der Waals surface area (Å²) in [5.74, 6) is -10.7. The molecule has 0 saturated carbocycles. The van der Waals surface area contributed by atoms with Crippen molar-refractivity contribution in [1.82, 2.24) is 37.2 Å². The number of aliphatic imine (C=N–C) groups is 1. The van der Waals surface area contributed by atoms with Gasteiger partial charge in [0.25, 0.3) is 0 Å². The number of guanidine groups is 1. The maximum absolute atomic E-state index is 13.8. The Balaban J connectivity index is 6.32. The fraction of sp³-hybridized carbons (Fsp3) is 0.718. The van der Waals surface area contributed by atoms with Crippen LogP contribution in [0.5, 0.6) is 0 Å². The van der Waals surface area contributed by atoms with E-state index in [2.05, 4.69) is 42.2 Å². The molecular weight excluding hydrogens is 875 g/mol. The Bertz CT molecular complexity index is 1680. The summed E-state index contributed by atoms with van der Waals surface area (Å²) in [5.41, 5.74) is 27.2. The van der Waals surface area contributed by atoms with Gasteiger partial charge in [-0.1, -0.05) is 41.5 Å². The van der Waals surface area contributed by atoms with Crippen molar-refractivity contribution in [1.29, 1.82) is 0 Å². The second kappa shape index (κ2) is 30.4. The lowest BCUT2D eigenvalue weighted by Gasteiger charge is -2.29. The van der Waals surface area contributed by atoms with Crippen LogP contribution in [0, 0.1) is 17.8 Å². The van der Waals surface area contributed by atoms with Crippen LogP contribution in [0.2, 0.25) is 0 Å². The highest BCUT2D eigenvalue weighted by atomic mass is 32.2. The molecular formula is C39H71N13O12S. The molecule has 25 nitrogen and oxygen atoms in total. The van der Waals surface area contributed by atoms with E-state index in [0.29, 0.717) is 12.2 Å². The number of amides is 9. The van der Waals surface area contributed by atoms with Crippen molar-refractivity contribution in [2.75, 3.05) is 25.2 Å². The second-order valence-corrected chi connectivity index (χ2v) is 17.4. The number of carbonyl (C=O) groups is 10. The van der Waals surface area contributed by atoms with Gasteiger partial charge in [0.2, 0.25) is 53.2 Å². The molecule has 9 amide bonds. The lowest BCUT2D eigenvalue weighted by molar-refractivity contribution is -0.142. The molecule has 0 radical (unpaired) electrons. The molecule has 19 N–H and O–H groups in total. The number of hydrogen-bond donors (Lipinski definition) is 14. The Morgan fingerprint density at radius 3 is 1.46 bits per heavy atom. The van der Waals surface area contributed by atoms with E-state index in [0.717, 1.165) is 0 Å². The van der Waals surface area contributed by atoms with Gasteiger partial charge in [-0.25, -0.2) is 4.79 Å².